The van der Waals surface area contributed by atoms with Gasteiger partial charge in [-0.1, -0.05) is 6.92 Å². The maximum atomic E-state index is 13.0. The molecule has 9 nitrogen and oxygen atoms in total. The highest BCUT2D eigenvalue weighted by atomic mass is 32.2. The largest absolute Gasteiger partial charge is 0.351 e. The summed E-state index contributed by atoms with van der Waals surface area (Å²) < 4.78 is 30.7. The van der Waals surface area contributed by atoms with Crippen molar-refractivity contribution in [3.63, 3.8) is 0 Å². The van der Waals surface area contributed by atoms with E-state index in [1.807, 2.05) is 13.0 Å². The van der Waals surface area contributed by atoms with Gasteiger partial charge < -0.3 is 5.32 Å². The van der Waals surface area contributed by atoms with Crippen LogP contribution in [0.5, 0.6) is 0 Å². The van der Waals surface area contributed by atoms with Gasteiger partial charge >= 0.3 is 0 Å². The van der Waals surface area contributed by atoms with E-state index in [0.717, 1.165) is 17.8 Å². The maximum Gasteiger partial charge on any atom is 0.260 e. The zero-order chi connectivity index (χ0) is 18.0. The molecule has 0 bridgehead atoms. The lowest BCUT2D eigenvalue weighted by Crippen LogP contribution is -2.39. The third-order valence-corrected chi connectivity index (χ3v) is 5.92. The fourth-order valence-corrected chi connectivity index (χ4v) is 4.39. The Hall–Kier alpha value is -2.20. The van der Waals surface area contributed by atoms with E-state index < -0.39 is 10.0 Å². The molecule has 3 heterocycles. The van der Waals surface area contributed by atoms with E-state index in [2.05, 4.69) is 15.5 Å². The van der Waals surface area contributed by atoms with Crippen molar-refractivity contribution in [2.75, 3.05) is 6.54 Å². The number of sulfonamides is 1. The van der Waals surface area contributed by atoms with Gasteiger partial charge in [0, 0.05) is 20.0 Å². The molecule has 1 amide bonds. The number of carbonyl (C=O) groups is 1. The number of amides is 1. The Morgan fingerprint density at radius 1 is 1.36 bits per heavy atom. The minimum Gasteiger partial charge on any atom is -0.351 e. The van der Waals surface area contributed by atoms with Crippen molar-refractivity contribution in [2.45, 2.75) is 51.5 Å². The minimum atomic E-state index is -3.61. The van der Waals surface area contributed by atoms with Crippen LogP contribution in [0.15, 0.2) is 23.4 Å². The molecule has 0 spiro atoms. The molecule has 0 atom stereocenters. The van der Waals surface area contributed by atoms with Crippen LogP contribution in [0.25, 0.3) is 0 Å². The van der Waals surface area contributed by atoms with E-state index in [4.69, 9.17) is 0 Å². The molecular formula is C15H22N6O3S. The highest BCUT2D eigenvalue weighted by Gasteiger charge is 2.31. The third kappa shape index (κ3) is 3.59. The quantitative estimate of drug-likeness (QED) is 0.794. The summed E-state index contributed by atoms with van der Waals surface area (Å²) in [6, 6.07) is 3.38. The van der Waals surface area contributed by atoms with Gasteiger partial charge in [0.25, 0.3) is 10.0 Å². The summed E-state index contributed by atoms with van der Waals surface area (Å²) in [6.45, 7) is 5.43. The number of nitrogens with one attached hydrogen (secondary N) is 1. The lowest BCUT2D eigenvalue weighted by atomic mass is 10.3. The molecule has 0 radical (unpaired) electrons. The molecule has 0 unspecified atom stereocenters. The second kappa shape index (κ2) is 6.96. The summed E-state index contributed by atoms with van der Waals surface area (Å²) in [4.78, 5) is 11.0. The number of nitrogens with zero attached hydrogens (tertiary/aromatic N) is 5. The lowest BCUT2D eigenvalue weighted by Gasteiger charge is -2.26. The van der Waals surface area contributed by atoms with E-state index in [1.54, 1.807) is 10.7 Å². The number of carbonyl (C=O) groups excluding carboxylic acids is 1. The van der Waals surface area contributed by atoms with Crippen LogP contribution in [0, 0.1) is 0 Å². The zero-order valence-electron chi connectivity index (χ0n) is 14.3. The Labute approximate surface area is 146 Å². The van der Waals surface area contributed by atoms with Crippen LogP contribution in [0.3, 0.4) is 0 Å². The van der Waals surface area contributed by atoms with Gasteiger partial charge in [-0.25, -0.2) is 8.42 Å². The molecule has 1 aliphatic rings. The van der Waals surface area contributed by atoms with Gasteiger partial charge in [0.2, 0.25) is 5.91 Å². The van der Waals surface area contributed by atoms with Crippen molar-refractivity contribution in [1.29, 1.82) is 0 Å². The summed E-state index contributed by atoms with van der Waals surface area (Å²) in [7, 11) is -3.61. The van der Waals surface area contributed by atoms with E-state index in [1.165, 1.54) is 22.1 Å². The average Bonchev–Trinajstić information content (AvgIpc) is 3.18. The van der Waals surface area contributed by atoms with Crippen LogP contribution in [0.4, 0.5) is 0 Å². The van der Waals surface area contributed by atoms with Crippen molar-refractivity contribution in [3.05, 3.63) is 29.7 Å². The Bertz CT molecular complexity index is 870. The second-order valence-corrected chi connectivity index (χ2v) is 7.88. The first-order valence-electron chi connectivity index (χ1n) is 8.24. The molecule has 3 rings (SSSR count). The van der Waals surface area contributed by atoms with Crippen LogP contribution in [0.2, 0.25) is 0 Å². The van der Waals surface area contributed by atoms with Crippen LogP contribution in [0.1, 0.15) is 31.7 Å². The van der Waals surface area contributed by atoms with E-state index >= 15 is 0 Å². The summed E-state index contributed by atoms with van der Waals surface area (Å²) in [5.74, 6) is -0.126. The first kappa shape index (κ1) is 17.6. The zero-order valence-corrected chi connectivity index (χ0v) is 15.2. The Kier molecular flexibility index (Phi) is 4.91. The number of fused-ring (bicyclic) bond motifs is 1. The highest BCUT2D eigenvalue weighted by molar-refractivity contribution is 7.89. The smallest absolute Gasteiger partial charge is 0.260 e. The molecule has 0 aromatic carbocycles. The molecule has 1 N–H and O–H groups in total. The van der Waals surface area contributed by atoms with Gasteiger partial charge in [0.1, 0.15) is 0 Å². The number of hydrogen-bond acceptors (Lipinski definition) is 5. The van der Waals surface area contributed by atoms with Crippen molar-refractivity contribution >= 4 is 15.9 Å². The first-order chi connectivity index (χ1) is 11.9. The second-order valence-electron chi connectivity index (χ2n) is 5.99. The summed E-state index contributed by atoms with van der Waals surface area (Å²) >= 11 is 0. The van der Waals surface area contributed by atoms with Gasteiger partial charge in [-0.15, -0.1) is 0 Å². The molecule has 1 aliphatic heterocycles. The number of aromatic nitrogens is 4. The summed E-state index contributed by atoms with van der Waals surface area (Å²) in [6.07, 6.45) is 2.33. The number of aryl methyl sites for hydroxylation is 1. The van der Waals surface area contributed by atoms with Gasteiger partial charge in [0.15, 0.2) is 5.03 Å². The summed E-state index contributed by atoms with van der Waals surface area (Å²) in [5, 5.41) is 11.4. The van der Waals surface area contributed by atoms with Crippen molar-refractivity contribution in [2.24, 2.45) is 0 Å². The van der Waals surface area contributed by atoms with E-state index in [0.29, 0.717) is 26.2 Å². The van der Waals surface area contributed by atoms with Gasteiger partial charge in [0.05, 0.1) is 37.2 Å². The van der Waals surface area contributed by atoms with E-state index in [-0.39, 0.29) is 17.5 Å². The molecular weight excluding hydrogens is 344 g/mol. The number of hydrogen-bond donors (Lipinski definition) is 1. The fraction of sp³-hybridized carbons (Fsp3) is 0.533. The van der Waals surface area contributed by atoms with Gasteiger partial charge in [-0.05, 0) is 18.6 Å². The normalized spacial score (nSPS) is 15.1. The standard InChI is InChI=1S/C15H22N6O3S/c1-3-6-21-15(4-5-17-21)25(23,24)19-7-8-20-14(11-19)9-13(18-20)10-16-12(2)22/h4-5,9H,3,6-8,10-11H2,1-2H3,(H,16,22). The Morgan fingerprint density at radius 3 is 2.88 bits per heavy atom. The molecule has 0 fully saturated rings. The monoisotopic (exact) mass is 366 g/mol. The topological polar surface area (TPSA) is 102 Å². The predicted octanol–water partition coefficient (Wildman–Crippen LogP) is 0.330. The molecule has 2 aromatic rings. The van der Waals surface area contributed by atoms with E-state index in [9.17, 15) is 13.2 Å². The predicted molar refractivity (Wildman–Crippen MR) is 89.9 cm³/mol. The molecule has 2 aromatic heterocycles. The van der Waals surface area contributed by atoms with Crippen molar-refractivity contribution < 1.29 is 13.2 Å². The van der Waals surface area contributed by atoms with Crippen LogP contribution in [-0.2, 0) is 41.0 Å². The lowest BCUT2D eigenvalue weighted by molar-refractivity contribution is -0.119. The average molecular weight is 366 g/mol. The highest BCUT2D eigenvalue weighted by Crippen LogP contribution is 2.22. The van der Waals surface area contributed by atoms with Crippen LogP contribution >= 0.6 is 0 Å². The van der Waals surface area contributed by atoms with Crippen LogP contribution < -0.4 is 5.32 Å². The fourth-order valence-electron chi connectivity index (χ4n) is 2.86. The molecule has 0 saturated heterocycles. The Morgan fingerprint density at radius 2 is 2.16 bits per heavy atom. The summed E-state index contributed by atoms with van der Waals surface area (Å²) in [5.41, 5.74) is 1.54. The van der Waals surface area contributed by atoms with Crippen LogP contribution in [-0.4, -0.2) is 44.7 Å². The maximum absolute atomic E-state index is 13.0. The minimum absolute atomic E-state index is 0.126. The van der Waals surface area contributed by atoms with Crippen molar-refractivity contribution in [1.82, 2.24) is 29.2 Å². The Balaban J connectivity index is 1.79. The van der Waals surface area contributed by atoms with Crippen molar-refractivity contribution in [3.8, 4) is 0 Å². The molecule has 25 heavy (non-hydrogen) atoms. The number of rotatable bonds is 6. The molecule has 0 saturated carbocycles. The molecule has 10 heteroatoms. The third-order valence-electron chi connectivity index (χ3n) is 4.05. The first-order valence-corrected chi connectivity index (χ1v) is 9.68. The molecule has 136 valence electrons. The van der Waals surface area contributed by atoms with Gasteiger partial charge in [-0.3, -0.25) is 14.2 Å². The SMILES string of the molecule is CCCn1nccc1S(=O)(=O)N1CCn2nc(CNC(C)=O)cc2C1. The van der Waals surface area contributed by atoms with Gasteiger partial charge in [-0.2, -0.15) is 14.5 Å². The molecule has 0 aliphatic carbocycles.